The first kappa shape index (κ1) is 13.8. The summed E-state index contributed by atoms with van der Waals surface area (Å²) in [6.45, 7) is 0. The fourth-order valence-corrected chi connectivity index (χ4v) is 2.82. The van der Waals surface area contributed by atoms with E-state index in [-0.39, 0.29) is 17.9 Å². The van der Waals surface area contributed by atoms with Crippen LogP contribution in [0.2, 0.25) is 5.02 Å². The molecule has 1 amide bonds. The van der Waals surface area contributed by atoms with Crippen LogP contribution in [0.3, 0.4) is 0 Å². The highest BCUT2D eigenvalue weighted by atomic mass is 79.9. The molecule has 18 heavy (non-hydrogen) atoms. The molecule has 2 unspecified atom stereocenters. The van der Waals surface area contributed by atoms with Gasteiger partial charge in [-0.1, -0.05) is 24.4 Å². The summed E-state index contributed by atoms with van der Waals surface area (Å²) in [5, 5.41) is 3.50. The van der Waals surface area contributed by atoms with Crippen LogP contribution in [0.15, 0.2) is 22.7 Å². The summed E-state index contributed by atoms with van der Waals surface area (Å²) in [5.74, 6) is -0.102. The second-order valence-electron chi connectivity index (χ2n) is 4.67. The van der Waals surface area contributed by atoms with E-state index in [1.54, 1.807) is 12.1 Å². The van der Waals surface area contributed by atoms with Crippen LogP contribution in [-0.4, -0.2) is 11.9 Å². The van der Waals surface area contributed by atoms with Crippen molar-refractivity contribution in [1.82, 2.24) is 0 Å². The minimum Gasteiger partial charge on any atom is -0.327 e. The summed E-state index contributed by atoms with van der Waals surface area (Å²) < 4.78 is 0.824. The van der Waals surface area contributed by atoms with E-state index in [2.05, 4.69) is 21.2 Å². The molecule has 0 bridgehead atoms. The van der Waals surface area contributed by atoms with E-state index in [0.29, 0.717) is 10.7 Å². The number of rotatable bonds is 2. The number of amides is 1. The molecule has 2 atom stereocenters. The maximum atomic E-state index is 12.2. The Morgan fingerprint density at radius 3 is 2.83 bits per heavy atom. The van der Waals surface area contributed by atoms with Gasteiger partial charge in [0.2, 0.25) is 5.91 Å². The number of carbonyl (C=O) groups is 1. The lowest BCUT2D eigenvalue weighted by Gasteiger charge is -2.27. The molecule has 1 saturated carbocycles. The third-order valence-corrected chi connectivity index (χ3v) is 4.27. The molecule has 0 saturated heterocycles. The van der Waals surface area contributed by atoms with Crippen LogP contribution >= 0.6 is 27.5 Å². The molecule has 1 aliphatic carbocycles. The maximum absolute atomic E-state index is 12.2. The quantitative estimate of drug-likeness (QED) is 0.870. The number of hydrogen-bond donors (Lipinski definition) is 2. The van der Waals surface area contributed by atoms with Crippen LogP contribution in [-0.2, 0) is 4.79 Å². The summed E-state index contributed by atoms with van der Waals surface area (Å²) in [6, 6.07) is 5.29. The Kier molecular flexibility index (Phi) is 4.65. The molecule has 1 aromatic rings. The molecule has 98 valence electrons. The van der Waals surface area contributed by atoms with Crippen LogP contribution in [0.4, 0.5) is 5.69 Å². The monoisotopic (exact) mass is 330 g/mol. The SMILES string of the molecule is NC1CCCCC1C(=O)Nc1cc(Cl)ccc1Br. The van der Waals surface area contributed by atoms with Crippen molar-refractivity contribution in [3.05, 3.63) is 27.7 Å². The minimum atomic E-state index is -0.0929. The van der Waals surface area contributed by atoms with Crippen molar-refractivity contribution in [1.29, 1.82) is 0 Å². The predicted molar refractivity (Wildman–Crippen MR) is 77.7 cm³/mol. The van der Waals surface area contributed by atoms with E-state index in [0.717, 1.165) is 30.2 Å². The first-order chi connectivity index (χ1) is 8.58. The molecule has 5 heteroatoms. The number of nitrogens with two attached hydrogens (primary N) is 1. The van der Waals surface area contributed by atoms with E-state index in [1.807, 2.05) is 6.07 Å². The lowest BCUT2D eigenvalue weighted by Crippen LogP contribution is -2.40. The highest BCUT2D eigenvalue weighted by Gasteiger charge is 2.28. The maximum Gasteiger partial charge on any atom is 0.229 e. The van der Waals surface area contributed by atoms with Crippen LogP contribution in [0.5, 0.6) is 0 Å². The van der Waals surface area contributed by atoms with Crippen molar-refractivity contribution in [2.45, 2.75) is 31.7 Å². The number of hydrogen-bond acceptors (Lipinski definition) is 2. The Morgan fingerprint density at radius 1 is 1.39 bits per heavy atom. The zero-order valence-corrected chi connectivity index (χ0v) is 12.3. The Bertz CT molecular complexity index is 453. The highest BCUT2D eigenvalue weighted by molar-refractivity contribution is 9.10. The lowest BCUT2D eigenvalue weighted by molar-refractivity contribution is -0.121. The molecule has 0 spiro atoms. The topological polar surface area (TPSA) is 55.1 Å². The first-order valence-electron chi connectivity index (χ1n) is 6.09. The predicted octanol–water partition coefficient (Wildman–Crippen LogP) is 3.56. The average molecular weight is 332 g/mol. The summed E-state index contributed by atoms with van der Waals surface area (Å²) in [5.41, 5.74) is 6.70. The van der Waals surface area contributed by atoms with Crippen LogP contribution in [0, 0.1) is 5.92 Å². The Labute approximate surface area is 120 Å². The Hall–Kier alpha value is -0.580. The van der Waals surface area contributed by atoms with Gasteiger partial charge in [0, 0.05) is 15.5 Å². The zero-order chi connectivity index (χ0) is 13.1. The molecule has 3 N–H and O–H groups in total. The van der Waals surface area contributed by atoms with Gasteiger partial charge in [0.05, 0.1) is 11.6 Å². The second kappa shape index (κ2) is 6.04. The molecule has 1 aliphatic rings. The summed E-state index contributed by atoms with van der Waals surface area (Å²) >= 11 is 9.31. The van der Waals surface area contributed by atoms with Crippen molar-refractivity contribution in [2.24, 2.45) is 11.7 Å². The third-order valence-electron chi connectivity index (χ3n) is 3.34. The molecular formula is C13H16BrClN2O. The highest BCUT2D eigenvalue weighted by Crippen LogP contribution is 2.28. The van der Waals surface area contributed by atoms with Gasteiger partial charge in [0.1, 0.15) is 0 Å². The number of benzene rings is 1. The molecular weight excluding hydrogens is 316 g/mol. The molecule has 1 fully saturated rings. The van der Waals surface area contributed by atoms with Gasteiger partial charge in [-0.05, 0) is 47.0 Å². The van der Waals surface area contributed by atoms with Crippen molar-refractivity contribution in [3.63, 3.8) is 0 Å². The van der Waals surface area contributed by atoms with Gasteiger partial charge in [-0.25, -0.2) is 0 Å². The minimum absolute atomic E-state index is 0.00910. The molecule has 0 aromatic heterocycles. The van der Waals surface area contributed by atoms with E-state index < -0.39 is 0 Å². The van der Waals surface area contributed by atoms with Crippen molar-refractivity contribution in [2.75, 3.05) is 5.32 Å². The first-order valence-corrected chi connectivity index (χ1v) is 7.26. The number of halogens is 2. The fraction of sp³-hybridized carbons (Fsp3) is 0.462. The summed E-state index contributed by atoms with van der Waals surface area (Å²) in [4.78, 5) is 12.2. The van der Waals surface area contributed by atoms with E-state index in [9.17, 15) is 4.79 Å². The molecule has 0 heterocycles. The average Bonchev–Trinajstić information content (AvgIpc) is 2.34. The van der Waals surface area contributed by atoms with Gasteiger partial charge < -0.3 is 11.1 Å². The van der Waals surface area contributed by atoms with Crippen LogP contribution < -0.4 is 11.1 Å². The smallest absolute Gasteiger partial charge is 0.229 e. The molecule has 2 rings (SSSR count). The van der Waals surface area contributed by atoms with E-state index in [4.69, 9.17) is 17.3 Å². The van der Waals surface area contributed by atoms with Gasteiger partial charge in [-0.2, -0.15) is 0 Å². The molecule has 0 radical (unpaired) electrons. The zero-order valence-electron chi connectivity index (χ0n) is 9.96. The Balaban J connectivity index is 2.08. The van der Waals surface area contributed by atoms with E-state index >= 15 is 0 Å². The summed E-state index contributed by atoms with van der Waals surface area (Å²) in [6.07, 6.45) is 3.98. The standard InChI is InChI=1S/C13H16BrClN2O/c14-10-6-5-8(15)7-12(10)17-13(18)9-3-1-2-4-11(9)16/h5-7,9,11H,1-4,16H2,(H,17,18). The Morgan fingerprint density at radius 2 is 2.11 bits per heavy atom. The van der Waals surface area contributed by atoms with Gasteiger partial charge >= 0.3 is 0 Å². The van der Waals surface area contributed by atoms with E-state index in [1.165, 1.54) is 0 Å². The number of carbonyl (C=O) groups excluding carboxylic acids is 1. The van der Waals surface area contributed by atoms with Gasteiger partial charge in [0.15, 0.2) is 0 Å². The fourth-order valence-electron chi connectivity index (χ4n) is 2.30. The largest absolute Gasteiger partial charge is 0.327 e. The summed E-state index contributed by atoms with van der Waals surface area (Å²) in [7, 11) is 0. The number of nitrogens with one attached hydrogen (secondary N) is 1. The van der Waals surface area contributed by atoms with Crippen LogP contribution in [0.25, 0.3) is 0 Å². The molecule has 0 aliphatic heterocycles. The number of anilines is 1. The van der Waals surface area contributed by atoms with Crippen molar-refractivity contribution >= 4 is 39.1 Å². The third kappa shape index (κ3) is 3.25. The van der Waals surface area contributed by atoms with Crippen molar-refractivity contribution < 1.29 is 4.79 Å². The molecule has 1 aromatic carbocycles. The molecule has 3 nitrogen and oxygen atoms in total. The normalized spacial score (nSPS) is 23.7. The lowest BCUT2D eigenvalue weighted by atomic mass is 9.84. The second-order valence-corrected chi connectivity index (χ2v) is 5.96. The van der Waals surface area contributed by atoms with Crippen molar-refractivity contribution in [3.8, 4) is 0 Å². The van der Waals surface area contributed by atoms with Gasteiger partial charge in [-0.3, -0.25) is 4.79 Å². The van der Waals surface area contributed by atoms with Gasteiger partial charge in [0.25, 0.3) is 0 Å². The van der Waals surface area contributed by atoms with Gasteiger partial charge in [-0.15, -0.1) is 0 Å². The van der Waals surface area contributed by atoms with Crippen LogP contribution in [0.1, 0.15) is 25.7 Å².